The van der Waals surface area contributed by atoms with Gasteiger partial charge in [0.25, 0.3) is 0 Å². The summed E-state index contributed by atoms with van der Waals surface area (Å²) in [5.74, 6) is -1.39. The van der Waals surface area contributed by atoms with Crippen molar-refractivity contribution in [3.05, 3.63) is 70.8 Å². The van der Waals surface area contributed by atoms with Gasteiger partial charge in [0.05, 0.1) is 35.8 Å². The molecule has 0 spiro atoms. The maximum absolute atomic E-state index is 13.4. The first-order valence-electron chi connectivity index (χ1n) is 12.8. The number of halogens is 6. The minimum absolute atomic E-state index is 0.0787. The molecule has 0 aromatic heterocycles. The first-order valence-corrected chi connectivity index (χ1v) is 12.8. The molecule has 2 aromatic rings. The second kappa shape index (κ2) is 11.3. The van der Waals surface area contributed by atoms with Crippen LogP contribution < -0.4 is 5.32 Å². The Balaban J connectivity index is 1.55. The lowest BCUT2D eigenvalue weighted by Gasteiger charge is -2.43. The van der Waals surface area contributed by atoms with E-state index in [1.807, 2.05) is 30.3 Å². The fraction of sp³-hybridized carbons (Fsp3) is 0.536. The number of ether oxygens (including phenoxy) is 1. The fourth-order valence-electron chi connectivity index (χ4n) is 5.47. The number of carbonyl (C=O) groups is 1. The van der Waals surface area contributed by atoms with Gasteiger partial charge in [-0.15, -0.1) is 0 Å². The number of hydrogen-bond acceptors (Lipinski definition) is 3. The topological polar surface area (TPSA) is 41.6 Å². The van der Waals surface area contributed by atoms with E-state index >= 15 is 0 Å². The van der Waals surface area contributed by atoms with Gasteiger partial charge in [-0.25, -0.2) is 0 Å². The van der Waals surface area contributed by atoms with Gasteiger partial charge in [-0.3, -0.25) is 9.69 Å². The van der Waals surface area contributed by atoms with Crippen LogP contribution in [-0.2, 0) is 27.4 Å². The smallest absolute Gasteiger partial charge is 0.379 e. The zero-order chi connectivity index (χ0) is 27.6. The van der Waals surface area contributed by atoms with Crippen LogP contribution in [0.2, 0.25) is 0 Å². The van der Waals surface area contributed by atoms with Crippen LogP contribution in [0.3, 0.4) is 0 Å². The average molecular weight is 543 g/mol. The molecule has 1 aliphatic heterocycles. The van der Waals surface area contributed by atoms with E-state index < -0.39 is 40.8 Å². The molecule has 1 heterocycles. The number of carbonyl (C=O) groups excluding carboxylic acids is 1. The zero-order valence-electron chi connectivity index (χ0n) is 21.2. The summed E-state index contributed by atoms with van der Waals surface area (Å²) in [6.45, 7) is 5.45. The molecule has 0 radical (unpaired) electrons. The molecule has 1 unspecified atom stereocenters. The largest absolute Gasteiger partial charge is 0.416 e. The van der Waals surface area contributed by atoms with Gasteiger partial charge in [-0.1, -0.05) is 30.3 Å². The Bertz CT molecular complexity index is 1060. The highest BCUT2D eigenvalue weighted by Gasteiger charge is 2.41. The van der Waals surface area contributed by atoms with E-state index in [9.17, 15) is 31.1 Å². The standard InChI is InChI=1S/C28H32F6N2O2/c1-19(21-15-23(27(29,30)31)17-24(16-21)28(32,33)34)25(37)35-26(22-5-3-2-4-6-22)9-7-20(8-10-26)18-36-11-13-38-14-12-36/h2-6,15-17,19-20H,7-14,18H2,1H3,(H,35,37)/t19?,20-,26-. The van der Waals surface area contributed by atoms with E-state index in [1.54, 1.807) is 0 Å². The van der Waals surface area contributed by atoms with Crippen LogP contribution in [0.25, 0.3) is 0 Å². The van der Waals surface area contributed by atoms with Crippen LogP contribution in [0.4, 0.5) is 26.3 Å². The van der Waals surface area contributed by atoms with Crippen molar-refractivity contribution in [1.29, 1.82) is 0 Å². The molecule has 1 saturated carbocycles. The molecule has 4 rings (SSSR count). The van der Waals surface area contributed by atoms with Crippen LogP contribution in [0, 0.1) is 5.92 Å². The summed E-state index contributed by atoms with van der Waals surface area (Å²) < 4.78 is 85.7. The van der Waals surface area contributed by atoms with Crippen LogP contribution in [-0.4, -0.2) is 43.7 Å². The van der Waals surface area contributed by atoms with Crippen molar-refractivity contribution < 1.29 is 35.9 Å². The maximum atomic E-state index is 13.4. The van der Waals surface area contributed by atoms with Crippen molar-refractivity contribution in [2.45, 2.75) is 56.4 Å². The zero-order valence-corrected chi connectivity index (χ0v) is 21.2. The van der Waals surface area contributed by atoms with Crippen LogP contribution in [0.15, 0.2) is 48.5 Å². The molecule has 38 heavy (non-hydrogen) atoms. The summed E-state index contributed by atoms with van der Waals surface area (Å²) in [6.07, 6.45) is -7.03. The van der Waals surface area contributed by atoms with E-state index in [-0.39, 0.29) is 11.6 Å². The SMILES string of the molecule is CC(C(=O)N[C@]1(c2ccccc2)CC[C@@H](CN2CCOCC2)CC1)c1cc(C(F)(F)F)cc(C(F)(F)F)c1. The Kier molecular flexibility index (Phi) is 8.42. The number of hydrogen-bond donors (Lipinski definition) is 1. The number of nitrogens with one attached hydrogen (secondary N) is 1. The molecule has 10 heteroatoms. The van der Waals surface area contributed by atoms with Gasteiger partial charge in [0, 0.05) is 19.6 Å². The quantitative estimate of drug-likeness (QED) is 0.432. The highest BCUT2D eigenvalue weighted by atomic mass is 19.4. The molecule has 1 amide bonds. The van der Waals surface area contributed by atoms with Gasteiger partial charge in [-0.2, -0.15) is 26.3 Å². The van der Waals surface area contributed by atoms with E-state index in [1.165, 1.54) is 6.92 Å². The third-order valence-corrected chi connectivity index (χ3v) is 7.77. The Morgan fingerprint density at radius 2 is 1.53 bits per heavy atom. The molecule has 2 aromatic carbocycles. The Hall–Kier alpha value is -2.59. The van der Waals surface area contributed by atoms with E-state index in [0.29, 0.717) is 44.1 Å². The molecule has 208 valence electrons. The third-order valence-electron chi connectivity index (χ3n) is 7.77. The lowest BCUT2D eigenvalue weighted by atomic mass is 9.72. The Morgan fingerprint density at radius 1 is 0.974 bits per heavy atom. The Morgan fingerprint density at radius 3 is 2.05 bits per heavy atom. The van der Waals surface area contributed by atoms with E-state index in [2.05, 4.69) is 10.2 Å². The van der Waals surface area contributed by atoms with Crippen molar-refractivity contribution in [3.8, 4) is 0 Å². The van der Waals surface area contributed by atoms with Crippen molar-refractivity contribution in [2.75, 3.05) is 32.8 Å². The molecule has 0 bridgehead atoms. The minimum Gasteiger partial charge on any atom is -0.379 e. The first kappa shape index (κ1) is 28.4. The lowest BCUT2D eigenvalue weighted by molar-refractivity contribution is -0.143. The molecule has 1 aliphatic carbocycles. The van der Waals surface area contributed by atoms with Crippen molar-refractivity contribution in [1.82, 2.24) is 10.2 Å². The van der Waals surface area contributed by atoms with Gasteiger partial charge in [0.2, 0.25) is 5.91 Å². The molecule has 4 nitrogen and oxygen atoms in total. The third kappa shape index (κ3) is 6.69. The average Bonchev–Trinajstić information content (AvgIpc) is 2.89. The molecule has 1 saturated heterocycles. The summed E-state index contributed by atoms with van der Waals surface area (Å²) >= 11 is 0. The molecule has 2 fully saturated rings. The van der Waals surface area contributed by atoms with Gasteiger partial charge in [0.1, 0.15) is 0 Å². The maximum Gasteiger partial charge on any atom is 0.416 e. The number of benzene rings is 2. The van der Waals surface area contributed by atoms with Crippen LogP contribution in [0.1, 0.15) is 60.8 Å². The number of alkyl halides is 6. The summed E-state index contributed by atoms with van der Waals surface area (Å²) in [6, 6.07) is 10.7. The summed E-state index contributed by atoms with van der Waals surface area (Å²) in [7, 11) is 0. The summed E-state index contributed by atoms with van der Waals surface area (Å²) in [5.41, 5.74) is -3.05. The van der Waals surface area contributed by atoms with Gasteiger partial charge >= 0.3 is 12.4 Å². The van der Waals surface area contributed by atoms with Crippen LogP contribution in [0.5, 0.6) is 0 Å². The van der Waals surface area contributed by atoms with Crippen molar-refractivity contribution in [3.63, 3.8) is 0 Å². The second-order valence-corrected chi connectivity index (χ2v) is 10.4. The lowest BCUT2D eigenvalue weighted by Crippen LogP contribution is -2.50. The minimum atomic E-state index is -4.98. The normalized spacial score (nSPS) is 24.1. The Labute approximate surface area is 218 Å². The fourth-order valence-corrected chi connectivity index (χ4v) is 5.47. The second-order valence-electron chi connectivity index (χ2n) is 10.4. The highest BCUT2D eigenvalue weighted by Crippen LogP contribution is 2.42. The van der Waals surface area contributed by atoms with Crippen molar-refractivity contribution in [2.24, 2.45) is 5.92 Å². The number of morpholine rings is 1. The molecular weight excluding hydrogens is 510 g/mol. The predicted molar refractivity (Wildman–Crippen MR) is 130 cm³/mol. The molecular formula is C28H32F6N2O2. The first-order chi connectivity index (χ1) is 17.9. The number of rotatable bonds is 6. The number of amides is 1. The van der Waals surface area contributed by atoms with Crippen LogP contribution >= 0.6 is 0 Å². The number of nitrogens with zero attached hydrogens (tertiary/aromatic N) is 1. The van der Waals surface area contributed by atoms with Gasteiger partial charge in [-0.05, 0) is 67.9 Å². The van der Waals surface area contributed by atoms with E-state index in [4.69, 9.17) is 4.74 Å². The van der Waals surface area contributed by atoms with Gasteiger partial charge < -0.3 is 10.1 Å². The summed E-state index contributed by atoms with van der Waals surface area (Å²) in [4.78, 5) is 15.8. The molecule has 1 atom stereocenters. The summed E-state index contributed by atoms with van der Waals surface area (Å²) in [5, 5.41) is 3.05. The molecule has 2 aliphatic rings. The van der Waals surface area contributed by atoms with Gasteiger partial charge in [0.15, 0.2) is 0 Å². The molecule has 1 N–H and O–H groups in total. The highest BCUT2D eigenvalue weighted by molar-refractivity contribution is 5.84. The predicted octanol–water partition coefficient (Wildman–Crippen LogP) is 6.36. The van der Waals surface area contributed by atoms with Crippen molar-refractivity contribution >= 4 is 5.91 Å². The van der Waals surface area contributed by atoms with E-state index in [0.717, 1.165) is 38.0 Å². The monoisotopic (exact) mass is 542 g/mol.